The highest BCUT2D eigenvalue weighted by Crippen LogP contribution is 2.62. The molecule has 7 atom stereocenters. The van der Waals surface area contributed by atoms with Gasteiger partial charge in [0, 0.05) is 16.7 Å². The van der Waals surface area contributed by atoms with Crippen LogP contribution in [0.3, 0.4) is 0 Å². The lowest BCUT2D eigenvalue weighted by Gasteiger charge is -2.35. The minimum Gasteiger partial charge on any atom is -0.458 e. The molecule has 7 nitrogen and oxygen atoms in total. The lowest BCUT2D eigenvalue weighted by Crippen LogP contribution is -2.45. The second kappa shape index (κ2) is 10.6. The zero-order valence-electron chi connectivity index (χ0n) is 22.7. The molecule has 2 heterocycles. The standard InChI is InChI=1S/C28H43NO6S/c1-16-9-8-10-28(34)15-27(28,7)13-21(17(2)11-20-14-36-19(4)29-20)35-23(31)12-22(30)26(5,6)25(33)18(3)24(16)32/h11,14,16,18,21-22,24,30,32,34H,8-10,12-13,15H2,1-7H3/b17-11+/t16?,18-,21+,22+,24?,27-,28-/m1/s1. The summed E-state index contributed by atoms with van der Waals surface area (Å²) in [6.45, 7) is 12.7. The molecule has 1 aromatic heterocycles. The normalized spacial score (nSPS) is 38.8. The number of esters is 1. The Hall–Kier alpha value is -1.61. The number of aliphatic hydroxyl groups is 3. The van der Waals surface area contributed by atoms with Crippen LogP contribution in [0.25, 0.3) is 6.08 Å². The topological polar surface area (TPSA) is 117 Å². The zero-order chi connectivity index (χ0) is 27.1. The van der Waals surface area contributed by atoms with Crippen molar-refractivity contribution in [2.45, 2.75) is 111 Å². The fourth-order valence-corrected chi connectivity index (χ4v) is 6.21. The van der Waals surface area contributed by atoms with Gasteiger partial charge in [0.2, 0.25) is 0 Å². The lowest BCUT2D eigenvalue weighted by molar-refractivity contribution is -0.155. The number of Topliss-reactive ketones (excluding diaryl/α,β-unsaturated/α-hetero) is 1. The molecule has 3 rings (SSSR count). The molecule has 0 radical (unpaired) electrons. The molecule has 2 aliphatic rings. The van der Waals surface area contributed by atoms with Gasteiger partial charge >= 0.3 is 5.97 Å². The van der Waals surface area contributed by atoms with E-state index in [0.29, 0.717) is 32.1 Å². The number of thiazole rings is 1. The van der Waals surface area contributed by atoms with Gasteiger partial charge in [0.15, 0.2) is 0 Å². The van der Waals surface area contributed by atoms with E-state index in [1.807, 2.05) is 39.2 Å². The van der Waals surface area contributed by atoms with Crippen molar-refractivity contribution < 1.29 is 29.6 Å². The van der Waals surface area contributed by atoms with Gasteiger partial charge < -0.3 is 20.1 Å². The van der Waals surface area contributed by atoms with Crippen LogP contribution in [0.5, 0.6) is 0 Å². The number of hydrogen-bond donors (Lipinski definition) is 3. The van der Waals surface area contributed by atoms with Gasteiger partial charge in [-0.15, -0.1) is 11.3 Å². The van der Waals surface area contributed by atoms with E-state index in [0.717, 1.165) is 16.3 Å². The molecule has 0 bridgehead atoms. The second-order valence-electron chi connectivity index (χ2n) is 12.1. The van der Waals surface area contributed by atoms with E-state index in [4.69, 9.17) is 4.74 Å². The highest BCUT2D eigenvalue weighted by atomic mass is 32.1. The maximum Gasteiger partial charge on any atom is 0.309 e. The zero-order valence-corrected chi connectivity index (χ0v) is 23.5. The molecular formula is C28H43NO6S. The van der Waals surface area contributed by atoms with Crippen LogP contribution in [-0.2, 0) is 14.3 Å². The summed E-state index contributed by atoms with van der Waals surface area (Å²) in [5.41, 5.74) is -0.884. The number of hydrogen-bond acceptors (Lipinski definition) is 8. The number of rotatable bonds is 2. The monoisotopic (exact) mass is 521 g/mol. The third kappa shape index (κ3) is 6.09. The minimum atomic E-state index is -1.25. The van der Waals surface area contributed by atoms with E-state index >= 15 is 0 Å². The largest absolute Gasteiger partial charge is 0.458 e. The Bertz CT molecular complexity index is 1000. The fourth-order valence-electron chi connectivity index (χ4n) is 5.64. The van der Waals surface area contributed by atoms with E-state index < -0.39 is 46.6 Å². The maximum atomic E-state index is 13.2. The molecule has 3 N–H and O–H groups in total. The molecule has 0 spiro atoms. The van der Waals surface area contributed by atoms with Gasteiger partial charge in [0.1, 0.15) is 11.9 Å². The van der Waals surface area contributed by atoms with Gasteiger partial charge in [-0.1, -0.05) is 41.0 Å². The number of fused-ring (bicyclic) bond motifs is 1. The number of ether oxygens (including phenoxy) is 1. The summed E-state index contributed by atoms with van der Waals surface area (Å²) < 4.78 is 5.90. The van der Waals surface area contributed by atoms with Crippen molar-refractivity contribution >= 4 is 29.2 Å². The smallest absolute Gasteiger partial charge is 0.309 e. The molecule has 0 aromatic carbocycles. The predicted octanol–water partition coefficient (Wildman–Crippen LogP) is 4.46. The van der Waals surface area contributed by atoms with Gasteiger partial charge in [-0.2, -0.15) is 0 Å². The molecule has 2 fully saturated rings. The molecule has 8 heteroatoms. The highest BCUT2D eigenvalue weighted by molar-refractivity contribution is 7.09. The number of cyclic esters (lactones) is 1. The summed E-state index contributed by atoms with van der Waals surface area (Å²) in [7, 11) is 0. The number of aromatic nitrogens is 1. The van der Waals surface area contributed by atoms with Gasteiger partial charge in [0.05, 0.1) is 40.3 Å². The van der Waals surface area contributed by atoms with E-state index in [2.05, 4.69) is 4.98 Å². The van der Waals surface area contributed by atoms with Crippen molar-refractivity contribution in [1.29, 1.82) is 0 Å². The minimum absolute atomic E-state index is 0.136. The van der Waals surface area contributed by atoms with Gasteiger partial charge in [-0.3, -0.25) is 9.59 Å². The summed E-state index contributed by atoms with van der Waals surface area (Å²) in [6, 6.07) is 0. The summed E-state index contributed by atoms with van der Waals surface area (Å²) >= 11 is 1.54. The van der Waals surface area contributed by atoms with Crippen LogP contribution in [0, 0.1) is 29.6 Å². The first-order chi connectivity index (χ1) is 16.6. The number of carbonyl (C=O) groups is 2. The lowest BCUT2D eigenvalue weighted by atomic mass is 9.73. The third-order valence-corrected chi connectivity index (χ3v) is 9.49. The molecular weight excluding hydrogens is 478 g/mol. The Morgan fingerprint density at radius 3 is 2.50 bits per heavy atom. The van der Waals surface area contributed by atoms with Crippen LogP contribution in [0.1, 0.15) is 90.8 Å². The number of carbonyl (C=O) groups excluding carboxylic acids is 2. The average molecular weight is 522 g/mol. The summed E-state index contributed by atoms with van der Waals surface area (Å²) in [4.78, 5) is 30.7. The van der Waals surface area contributed by atoms with Crippen molar-refractivity contribution in [3.8, 4) is 0 Å². The second-order valence-corrected chi connectivity index (χ2v) is 13.1. The van der Waals surface area contributed by atoms with E-state index in [1.54, 1.807) is 32.1 Å². The molecule has 1 aliphatic carbocycles. The van der Waals surface area contributed by atoms with Crippen molar-refractivity contribution in [2.75, 3.05) is 0 Å². The number of nitrogens with zero attached hydrogens (tertiary/aromatic N) is 1. The molecule has 2 unspecified atom stereocenters. The van der Waals surface area contributed by atoms with E-state index in [-0.39, 0.29) is 18.1 Å². The van der Waals surface area contributed by atoms with Crippen LogP contribution in [0.15, 0.2) is 11.0 Å². The Kier molecular flexibility index (Phi) is 8.55. The van der Waals surface area contributed by atoms with E-state index in [9.17, 15) is 24.9 Å². The van der Waals surface area contributed by atoms with Gasteiger partial charge in [-0.25, -0.2) is 4.98 Å². The first kappa shape index (κ1) is 29.0. The van der Waals surface area contributed by atoms with Crippen LogP contribution in [-0.4, -0.2) is 56.0 Å². The Morgan fingerprint density at radius 1 is 1.22 bits per heavy atom. The van der Waals surface area contributed by atoms with Crippen LogP contribution in [0.2, 0.25) is 0 Å². The molecule has 1 aromatic rings. The highest BCUT2D eigenvalue weighted by Gasteiger charge is 2.63. The Labute approximate surface area is 219 Å². The maximum absolute atomic E-state index is 13.2. The summed E-state index contributed by atoms with van der Waals surface area (Å²) in [5.74, 6) is -1.71. The number of aliphatic hydroxyl groups excluding tert-OH is 2. The van der Waals surface area contributed by atoms with Crippen LogP contribution >= 0.6 is 11.3 Å². The SMILES string of the molecule is C/C(=C\c1csc(C)n1)[C@@H]1C[C@]2(C)C[C@]2(O)CCCC(C)C(O)[C@@H](C)C(=O)C(C)(C)[C@@H](O)CC(=O)O1. The van der Waals surface area contributed by atoms with Crippen LogP contribution in [0.4, 0.5) is 0 Å². The molecule has 1 aliphatic heterocycles. The molecule has 1 saturated heterocycles. The molecule has 202 valence electrons. The van der Waals surface area contributed by atoms with Crippen molar-refractivity contribution in [1.82, 2.24) is 4.98 Å². The average Bonchev–Trinajstić information content (AvgIpc) is 3.08. The van der Waals surface area contributed by atoms with Crippen molar-refractivity contribution in [3.63, 3.8) is 0 Å². The molecule has 36 heavy (non-hydrogen) atoms. The summed E-state index contributed by atoms with van der Waals surface area (Å²) in [5, 5.41) is 35.9. The number of aryl methyl sites for hydroxylation is 1. The van der Waals surface area contributed by atoms with Gasteiger partial charge in [0.25, 0.3) is 0 Å². The summed E-state index contributed by atoms with van der Waals surface area (Å²) in [6.07, 6.45) is 1.91. The molecule has 0 amide bonds. The first-order valence-electron chi connectivity index (χ1n) is 13.0. The Morgan fingerprint density at radius 2 is 1.89 bits per heavy atom. The Balaban J connectivity index is 1.90. The third-order valence-electron chi connectivity index (χ3n) is 8.70. The van der Waals surface area contributed by atoms with Crippen molar-refractivity contribution in [2.24, 2.45) is 22.7 Å². The van der Waals surface area contributed by atoms with Gasteiger partial charge in [-0.05, 0) is 57.1 Å². The first-order valence-corrected chi connectivity index (χ1v) is 13.9. The quantitative estimate of drug-likeness (QED) is 0.492. The van der Waals surface area contributed by atoms with Crippen molar-refractivity contribution in [3.05, 3.63) is 21.7 Å². The predicted molar refractivity (Wildman–Crippen MR) is 140 cm³/mol. The fraction of sp³-hybridized carbons (Fsp3) is 0.750. The number of ketones is 1. The van der Waals surface area contributed by atoms with E-state index in [1.165, 1.54) is 0 Å². The van der Waals surface area contributed by atoms with Crippen LogP contribution < -0.4 is 0 Å². The molecule has 1 saturated carbocycles.